The molecule has 0 atom stereocenters. The molecule has 5 nitrogen and oxygen atoms in total. The quantitative estimate of drug-likeness (QED) is 0.117. The average molecular weight is 1120 g/mol. The van der Waals surface area contributed by atoms with E-state index >= 15 is 0 Å². The number of rotatable bonds is 13. The van der Waals surface area contributed by atoms with Crippen molar-refractivity contribution >= 4 is 11.0 Å². The number of nitrogens with zero attached hydrogens (tertiary/aromatic N) is 4. The van der Waals surface area contributed by atoms with E-state index in [0.29, 0.717) is 36.1 Å². The number of hydrogen-bond acceptors (Lipinski definition) is 3. The second-order valence-electron chi connectivity index (χ2n) is 19.1. The summed E-state index contributed by atoms with van der Waals surface area (Å²) in [4.78, 5) is 10.5. The number of benzene rings is 9. The number of para-hydroxylation sites is 2. The van der Waals surface area contributed by atoms with Gasteiger partial charge in [0, 0.05) is 56.7 Å². The maximum Gasteiger partial charge on any atom is 0.148 e. The minimum Gasteiger partial charge on any atom is -0.507 e. The van der Waals surface area contributed by atoms with E-state index < -0.39 is 0 Å². The van der Waals surface area contributed by atoms with Crippen LogP contribution in [0.3, 0.4) is 0 Å². The van der Waals surface area contributed by atoms with Crippen molar-refractivity contribution in [1.82, 2.24) is 19.1 Å². The van der Waals surface area contributed by atoms with Crippen molar-refractivity contribution in [3.63, 3.8) is 0 Å². The molecular formula is C66H55N4OPt-. The molecule has 0 spiro atoms. The van der Waals surface area contributed by atoms with Crippen LogP contribution in [-0.2, 0) is 33.9 Å². The van der Waals surface area contributed by atoms with Gasteiger partial charge >= 0.3 is 0 Å². The number of hydrogen-bond donors (Lipinski definition) is 1. The number of imidazole rings is 2. The van der Waals surface area contributed by atoms with Gasteiger partial charge in [0.2, 0.25) is 0 Å². The van der Waals surface area contributed by atoms with Gasteiger partial charge in [0.15, 0.2) is 0 Å². The fraction of sp³-hybridized carbons (Fsp3) is 0.121. The molecule has 2 aromatic heterocycles. The normalized spacial score (nSPS) is 11.4. The fourth-order valence-electron chi connectivity index (χ4n) is 10.0. The van der Waals surface area contributed by atoms with Crippen LogP contribution in [0.25, 0.3) is 78.6 Å². The first-order chi connectivity index (χ1) is 34.8. The molecule has 72 heavy (non-hydrogen) atoms. The van der Waals surface area contributed by atoms with Gasteiger partial charge in [-0.05, 0) is 104 Å². The van der Waals surface area contributed by atoms with E-state index in [1.54, 1.807) is 0 Å². The van der Waals surface area contributed by atoms with Gasteiger partial charge in [-0.2, -0.15) is 0 Å². The molecular weight excluding hydrogens is 1060 g/mol. The van der Waals surface area contributed by atoms with Gasteiger partial charge in [-0.25, -0.2) is 4.98 Å². The fourth-order valence-corrected chi connectivity index (χ4v) is 10.0. The zero-order chi connectivity index (χ0) is 48.4. The number of aromatic hydroxyl groups is 1. The van der Waals surface area contributed by atoms with Crippen molar-refractivity contribution in [2.75, 3.05) is 0 Å². The summed E-state index contributed by atoms with van der Waals surface area (Å²) in [6.45, 7) is 9.05. The Bertz CT molecular complexity index is 3570. The number of fused-ring (bicyclic) bond motifs is 1. The average Bonchev–Trinajstić information content (AvgIpc) is 4.07. The van der Waals surface area contributed by atoms with Gasteiger partial charge in [0.25, 0.3) is 0 Å². The van der Waals surface area contributed by atoms with Crippen molar-refractivity contribution in [1.29, 1.82) is 0 Å². The number of aromatic nitrogens is 4. The number of phenols is 1. The van der Waals surface area contributed by atoms with Gasteiger partial charge in [-0.15, -0.1) is 35.9 Å². The zero-order valence-corrected chi connectivity index (χ0v) is 43.2. The van der Waals surface area contributed by atoms with E-state index in [-0.39, 0.29) is 26.8 Å². The Morgan fingerprint density at radius 2 is 1.06 bits per heavy atom. The summed E-state index contributed by atoms with van der Waals surface area (Å²) in [6.07, 6.45) is 5.00. The van der Waals surface area contributed by atoms with Crippen LogP contribution in [0.1, 0.15) is 72.9 Å². The first kappa shape index (κ1) is 47.8. The van der Waals surface area contributed by atoms with Gasteiger partial charge in [-0.3, -0.25) is 9.55 Å². The van der Waals surface area contributed by atoms with Crippen LogP contribution in [-0.4, -0.2) is 24.2 Å². The van der Waals surface area contributed by atoms with E-state index in [0.717, 1.165) is 83.9 Å². The smallest absolute Gasteiger partial charge is 0.148 e. The first-order valence-electron chi connectivity index (χ1n) is 24.7. The maximum atomic E-state index is 12.7. The Morgan fingerprint density at radius 3 is 1.65 bits per heavy atom. The maximum absolute atomic E-state index is 12.7. The molecule has 11 rings (SSSR count). The van der Waals surface area contributed by atoms with Gasteiger partial charge in [0.1, 0.15) is 11.6 Å². The molecule has 0 aliphatic heterocycles. The molecule has 0 amide bonds. The largest absolute Gasteiger partial charge is 0.507 e. The van der Waals surface area contributed by atoms with Crippen molar-refractivity contribution in [3.05, 3.63) is 258 Å². The Kier molecular flexibility index (Phi) is 13.8. The Hall–Kier alpha value is -7.85. The van der Waals surface area contributed by atoms with Crippen LogP contribution in [0.4, 0.5) is 0 Å². The first-order valence-corrected chi connectivity index (χ1v) is 24.7. The van der Waals surface area contributed by atoms with Crippen LogP contribution in [0, 0.1) is 6.07 Å². The predicted octanol–water partition coefficient (Wildman–Crippen LogP) is 16.5. The molecule has 0 saturated heterocycles. The minimum atomic E-state index is 0. The third-order valence-electron chi connectivity index (χ3n) is 13.8. The van der Waals surface area contributed by atoms with Crippen LogP contribution in [0.15, 0.2) is 219 Å². The Balaban J connectivity index is 0.00000596. The topological polar surface area (TPSA) is 55.9 Å². The molecule has 0 bridgehead atoms. The molecule has 0 aliphatic carbocycles. The molecule has 356 valence electrons. The van der Waals surface area contributed by atoms with E-state index in [9.17, 15) is 5.11 Å². The second-order valence-corrected chi connectivity index (χ2v) is 19.1. The second kappa shape index (κ2) is 20.9. The molecule has 0 saturated carbocycles. The standard InChI is InChI=1S/C66H55N4O.Pt/c1-44(2)53-39-54(45(3)4)42-57(41-53)70-61-34-19-31-52(62(61)68-65(70)49-27-15-8-16-28-49)37-50-29-17-18-30-51(50)38-56-40-55(46-21-9-5-10-22-46)43-60(64(56)71)66-67-35-36-69(66)63-58(47-23-11-6-12-24-47)32-20-33-59(63)48-25-13-7-14-26-48;/h5-27,29-36,39-45,71H,37-38H2,1-4H3;/q-1;. The van der Waals surface area contributed by atoms with Crippen LogP contribution in [0.2, 0.25) is 0 Å². The molecule has 6 heteroatoms. The van der Waals surface area contributed by atoms with Gasteiger partial charge in [-0.1, -0.05) is 179 Å². The van der Waals surface area contributed by atoms with Crippen molar-refractivity contribution in [2.24, 2.45) is 0 Å². The molecule has 0 fully saturated rings. The predicted molar refractivity (Wildman–Crippen MR) is 293 cm³/mol. The van der Waals surface area contributed by atoms with E-state index in [1.165, 1.54) is 16.7 Å². The summed E-state index contributed by atoms with van der Waals surface area (Å²) in [7, 11) is 0. The molecule has 0 radical (unpaired) electrons. The summed E-state index contributed by atoms with van der Waals surface area (Å²) in [6, 6.07) is 75.9. The minimum absolute atomic E-state index is 0. The SMILES string of the molecule is CC(C)c1cc(C(C)C)cc(-n2c(-c3[c-]cccc3)nc3c(Cc4ccccc4Cc4cc(-c5ccccc5)cc(-c5nccn5-c5c(-c6ccccc6)cccc5-c5ccccc5)c4O)cccc32)c1.[Pt]. The van der Waals surface area contributed by atoms with Crippen molar-refractivity contribution < 1.29 is 26.2 Å². The van der Waals surface area contributed by atoms with Crippen LogP contribution in [0.5, 0.6) is 5.75 Å². The molecule has 0 aliphatic rings. The third-order valence-corrected chi connectivity index (χ3v) is 13.8. The summed E-state index contributed by atoms with van der Waals surface area (Å²) in [5.74, 6) is 2.47. The molecule has 11 aromatic rings. The van der Waals surface area contributed by atoms with E-state index in [1.807, 2.05) is 42.7 Å². The summed E-state index contributed by atoms with van der Waals surface area (Å²) < 4.78 is 4.48. The van der Waals surface area contributed by atoms with Crippen LogP contribution < -0.4 is 0 Å². The molecule has 9 aromatic carbocycles. The van der Waals surface area contributed by atoms with Crippen molar-refractivity contribution in [3.8, 4) is 73.3 Å². The monoisotopic (exact) mass is 1110 g/mol. The molecule has 2 heterocycles. The van der Waals surface area contributed by atoms with E-state index in [4.69, 9.17) is 9.97 Å². The zero-order valence-electron chi connectivity index (χ0n) is 40.9. The third kappa shape index (κ3) is 9.41. The summed E-state index contributed by atoms with van der Waals surface area (Å²) in [5, 5.41) is 12.7. The number of phenolic OH excluding ortho intramolecular Hbond substituents is 1. The Morgan fingerprint density at radius 1 is 0.500 bits per heavy atom. The van der Waals surface area contributed by atoms with Gasteiger partial charge in [0.05, 0.1) is 28.1 Å². The summed E-state index contributed by atoms with van der Waals surface area (Å²) in [5.41, 5.74) is 19.0. The van der Waals surface area contributed by atoms with Gasteiger partial charge < -0.3 is 9.67 Å². The Labute approximate surface area is 437 Å². The molecule has 0 unspecified atom stereocenters. The van der Waals surface area contributed by atoms with E-state index in [2.05, 4.69) is 219 Å². The van der Waals surface area contributed by atoms with Crippen LogP contribution >= 0.6 is 0 Å². The van der Waals surface area contributed by atoms with Crippen molar-refractivity contribution in [2.45, 2.75) is 52.4 Å². The summed E-state index contributed by atoms with van der Waals surface area (Å²) >= 11 is 0. The molecule has 1 N–H and O–H groups in total.